The lowest BCUT2D eigenvalue weighted by molar-refractivity contribution is 0.111. The van der Waals surface area contributed by atoms with E-state index in [1.165, 1.54) is 108 Å². The molecule has 0 amide bonds. The van der Waals surface area contributed by atoms with Gasteiger partial charge in [-0.2, -0.15) is 0 Å². The standard InChI is InChI=1S/C32H52BrNO/c1-3-5-7-9-11-13-15-19-25-34(26-20-16-14-12-10-8-6-4-2)27-32(35)30-23-24-31(33)29-22-18-17-21-28(29)30/h17-18,21-24,32,35H,3-16,19-20,25-27H2,1-2H3/t32-/m1/s1. The highest BCUT2D eigenvalue weighted by Gasteiger charge is 2.16. The maximum absolute atomic E-state index is 11.3. The highest BCUT2D eigenvalue weighted by Crippen LogP contribution is 2.30. The third-order valence-corrected chi connectivity index (χ3v) is 8.04. The van der Waals surface area contributed by atoms with E-state index in [0.29, 0.717) is 0 Å². The molecule has 0 aromatic heterocycles. The van der Waals surface area contributed by atoms with Gasteiger partial charge in [0.2, 0.25) is 0 Å². The first-order chi connectivity index (χ1) is 17.2. The van der Waals surface area contributed by atoms with Crippen LogP contribution in [-0.2, 0) is 0 Å². The summed E-state index contributed by atoms with van der Waals surface area (Å²) in [5, 5.41) is 13.6. The molecule has 2 aromatic rings. The number of rotatable bonds is 21. The lowest BCUT2D eigenvalue weighted by atomic mass is 10.00. The summed E-state index contributed by atoms with van der Waals surface area (Å²) in [6.45, 7) is 7.52. The Labute approximate surface area is 225 Å². The number of unbranched alkanes of at least 4 members (excludes halogenated alkanes) is 14. The van der Waals surface area contributed by atoms with Crippen molar-refractivity contribution in [2.75, 3.05) is 19.6 Å². The summed E-state index contributed by atoms with van der Waals surface area (Å²) in [6, 6.07) is 12.6. The van der Waals surface area contributed by atoms with Crippen molar-refractivity contribution in [1.29, 1.82) is 0 Å². The van der Waals surface area contributed by atoms with Gasteiger partial charge in [0.1, 0.15) is 0 Å². The molecule has 198 valence electrons. The molecule has 0 saturated carbocycles. The van der Waals surface area contributed by atoms with Crippen LogP contribution in [0.15, 0.2) is 40.9 Å². The van der Waals surface area contributed by atoms with Crippen LogP contribution in [0.1, 0.15) is 128 Å². The summed E-state index contributed by atoms with van der Waals surface area (Å²) >= 11 is 3.68. The van der Waals surface area contributed by atoms with Crippen LogP contribution in [-0.4, -0.2) is 29.6 Å². The Bertz CT molecular complexity index is 772. The molecule has 1 N–H and O–H groups in total. The van der Waals surface area contributed by atoms with E-state index >= 15 is 0 Å². The molecule has 0 aliphatic carbocycles. The summed E-state index contributed by atoms with van der Waals surface area (Å²) in [5.74, 6) is 0. The van der Waals surface area contributed by atoms with Gasteiger partial charge >= 0.3 is 0 Å². The molecule has 0 fully saturated rings. The van der Waals surface area contributed by atoms with Gasteiger partial charge in [-0.3, -0.25) is 0 Å². The van der Waals surface area contributed by atoms with Crippen molar-refractivity contribution in [3.8, 4) is 0 Å². The minimum absolute atomic E-state index is 0.448. The van der Waals surface area contributed by atoms with Gasteiger partial charge in [-0.15, -0.1) is 0 Å². The molecule has 3 heteroatoms. The van der Waals surface area contributed by atoms with Gasteiger partial charge in [0.05, 0.1) is 6.10 Å². The SMILES string of the molecule is CCCCCCCCCCN(CCCCCCCCCC)C[C@@H](O)c1ccc(Br)c2ccccc12. The molecular formula is C32H52BrNO. The molecular weight excluding hydrogens is 494 g/mol. The van der Waals surface area contributed by atoms with E-state index in [9.17, 15) is 5.11 Å². The normalized spacial score (nSPS) is 12.6. The summed E-state index contributed by atoms with van der Waals surface area (Å²) in [6.07, 6.45) is 21.2. The number of benzene rings is 2. The van der Waals surface area contributed by atoms with E-state index in [2.05, 4.69) is 71.1 Å². The number of hydrogen-bond acceptors (Lipinski definition) is 2. The molecule has 0 aliphatic rings. The smallest absolute Gasteiger partial charge is 0.0922 e. The number of hydrogen-bond donors (Lipinski definition) is 1. The molecule has 0 radical (unpaired) electrons. The zero-order valence-electron chi connectivity index (χ0n) is 22.7. The second-order valence-electron chi connectivity index (χ2n) is 10.4. The molecule has 2 rings (SSSR count). The van der Waals surface area contributed by atoms with Gasteiger partial charge in [-0.25, -0.2) is 0 Å². The predicted molar refractivity (Wildman–Crippen MR) is 158 cm³/mol. The van der Waals surface area contributed by atoms with Crippen molar-refractivity contribution in [3.05, 3.63) is 46.4 Å². The fraction of sp³-hybridized carbons (Fsp3) is 0.688. The number of nitrogens with zero attached hydrogens (tertiary/aromatic N) is 1. The van der Waals surface area contributed by atoms with Gasteiger partial charge < -0.3 is 10.0 Å². The molecule has 2 nitrogen and oxygen atoms in total. The van der Waals surface area contributed by atoms with Crippen molar-refractivity contribution in [2.45, 2.75) is 123 Å². The predicted octanol–water partition coefficient (Wildman–Crippen LogP) is 10.2. The van der Waals surface area contributed by atoms with Crippen molar-refractivity contribution in [1.82, 2.24) is 4.90 Å². The molecule has 2 aromatic carbocycles. The first kappa shape index (κ1) is 30.3. The van der Waals surface area contributed by atoms with E-state index in [0.717, 1.165) is 35.1 Å². The lowest BCUT2D eigenvalue weighted by Gasteiger charge is -2.26. The summed E-state index contributed by atoms with van der Waals surface area (Å²) in [7, 11) is 0. The third-order valence-electron chi connectivity index (χ3n) is 7.35. The van der Waals surface area contributed by atoms with Crippen LogP contribution in [0.5, 0.6) is 0 Å². The van der Waals surface area contributed by atoms with E-state index in [-0.39, 0.29) is 0 Å². The number of halogens is 1. The summed E-state index contributed by atoms with van der Waals surface area (Å²) < 4.78 is 1.10. The number of aliphatic hydroxyl groups is 1. The fourth-order valence-corrected chi connectivity index (χ4v) is 5.63. The largest absolute Gasteiger partial charge is 0.387 e. The second-order valence-corrected chi connectivity index (χ2v) is 11.3. The Morgan fingerprint density at radius 2 is 1.09 bits per heavy atom. The van der Waals surface area contributed by atoms with Crippen molar-refractivity contribution in [2.24, 2.45) is 0 Å². The lowest BCUT2D eigenvalue weighted by Crippen LogP contribution is -2.31. The zero-order valence-corrected chi connectivity index (χ0v) is 24.3. The second kappa shape index (κ2) is 19.2. The average molecular weight is 547 g/mol. The average Bonchev–Trinajstić information content (AvgIpc) is 2.87. The summed E-state index contributed by atoms with van der Waals surface area (Å²) in [5.41, 5.74) is 1.06. The van der Waals surface area contributed by atoms with E-state index in [1.807, 2.05) is 0 Å². The van der Waals surface area contributed by atoms with Crippen molar-refractivity contribution < 1.29 is 5.11 Å². The number of fused-ring (bicyclic) bond motifs is 1. The molecule has 35 heavy (non-hydrogen) atoms. The van der Waals surface area contributed by atoms with Crippen LogP contribution in [0, 0.1) is 0 Å². The minimum atomic E-state index is -0.448. The third kappa shape index (κ3) is 12.3. The van der Waals surface area contributed by atoms with Gasteiger partial charge in [0.15, 0.2) is 0 Å². The summed E-state index contributed by atoms with van der Waals surface area (Å²) in [4.78, 5) is 2.54. The Hall–Kier alpha value is -0.900. The van der Waals surface area contributed by atoms with Gasteiger partial charge in [-0.1, -0.05) is 150 Å². The van der Waals surface area contributed by atoms with Crippen LogP contribution in [0.25, 0.3) is 10.8 Å². The Balaban J connectivity index is 1.85. The van der Waals surface area contributed by atoms with Crippen molar-refractivity contribution >= 4 is 26.7 Å². The molecule has 1 atom stereocenters. The molecule has 0 spiro atoms. The van der Waals surface area contributed by atoms with Crippen LogP contribution < -0.4 is 0 Å². The molecule has 0 unspecified atom stereocenters. The first-order valence-corrected chi connectivity index (χ1v) is 15.5. The quantitative estimate of drug-likeness (QED) is 0.157. The molecule has 0 heterocycles. The van der Waals surface area contributed by atoms with Crippen LogP contribution in [0.4, 0.5) is 0 Å². The monoisotopic (exact) mass is 545 g/mol. The highest BCUT2D eigenvalue weighted by atomic mass is 79.9. The molecule has 0 saturated heterocycles. The van der Waals surface area contributed by atoms with Gasteiger partial charge in [-0.05, 0) is 48.3 Å². The topological polar surface area (TPSA) is 23.5 Å². The maximum atomic E-state index is 11.3. The van der Waals surface area contributed by atoms with Gasteiger partial charge in [0, 0.05) is 11.0 Å². The number of aliphatic hydroxyl groups excluding tert-OH is 1. The maximum Gasteiger partial charge on any atom is 0.0922 e. The fourth-order valence-electron chi connectivity index (χ4n) is 5.15. The Morgan fingerprint density at radius 1 is 0.629 bits per heavy atom. The van der Waals surface area contributed by atoms with Crippen LogP contribution in [0.3, 0.4) is 0 Å². The van der Waals surface area contributed by atoms with E-state index < -0.39 is 6.10 Å². The Kier molecular flexibility index (Phi) is 16.7. The molecule has 0 bridgehead atoms. The highest BCUT2D eigenvalue weighted by molar-refractivity contribution is 9.10. The Morgan fingerprint density at radius 3 is 1.60 bits per heavy atom. The van der Waals surface area contributed by atoms with E-state index in [1.54, 1.807) is 0 Å². The zero-order chi connectivity index (χ0) is 25.1. The molecule has 0 aliphatic heterocycles. The van der Waals surface area contributed by atoms with E-state index in [4.69, 9.17) is 0 Å². The van der Waals surface area contributed by atoms with Crippen LogP contribution in [0.2, 0.25) is 0 Å². The first-order valence-electron chi connectivity index (χ1n) is 14.7. The minimum Gasteiger partial charge on any atom is -0.387 e. The van der Waals surface area contributed by atoms with Crippen LogP contribution >= 0.6 is 15.9 Å². The van der Waals surface area contributed by atoms with Gasteiger partial charge in [0.25, 0.3) is 0 Å². The van der Waals surface area contributed by atoms with Crippen molar-refractivity contribution in [3.63, 3.8) is 0 Å².